The molecule has 0 spiro atoms. The molecule has 6 heteroatoms. The van der Waals surface area contributed by atoms with Gasteiger partial charge in [-0.1, -0.05) is 0 Å². The van der Waals surface area contributed by atoms with E-state index >= 15 is 0 Å². The zero-order valence-corrected chi connectivity index (χ0v) is 8.62. The Hall–Kier alpha value is -1.01. The molecule has 0 bridgehead atoms. The first-order chi connectivity index (χ1) is 7.22. The molecule has 1 N–H and O–H groups in total. The Kier molecular flexibility index (Phi) is 5.20. The Morgan fingerprint density at radius 3 is 3.07 bits per heavy atom. The molecule has 0 saturated heterocycles. The van der Waals surface area contributed by atoms with Crippen LogP contribution in [0.4, 0.5) is 8.78 Å². The number of rotatable bonds is 7. The van der Waals surface area contributed by atoms with E-state index in [-0.39, 0.29) is 6.54 Å². The van der Waals surface area contributed by atoms with Crippen LogP contribution in [-0.4, -0.2) is 36.2 Å². The summed E-state index contributed by atoms with van der Waals surface area (Å²) in [5.74, 6) is 0. The number of halogens is 2. The standard InChI is InChI=1S/C9H15F2N3O/c1-15-3-2-12-4-8-5-14(7-13-8)6-9(10)11/h5,7,9,12H,2-4,6H2,1H3. The molecule has 0 unspecified atom stereocenters. The second kappa shape index (κ2) is 6.47. The van der Waals surface area contributed by atoms with Crippen LogP contribution >= 0.6 is 0 Å². The minimum Gasteiger partial charge on any atom is -0.383 e. The van der Waals surface area contributed by atoms with Crippen LogP contribution < -0.4 is 5.32 Å². The fourth-order valence-electron chi connectivity index (χ4n) is 1.15. The monoisotopic (exact) mass is 219 g/mol. The lowest BCUT2D eigenvalue weighted by Crippen LogP contribution is -2.18. The molecule has 0 atom stereocenters. The summed E-state index contributed by atoms with van der Waals surface area (Å²) >= 11 is 0. The van der Waals surface area contributed by atoms with E-state index < -0.39 is 6.43 Å². The van der Waals surface area contributed by atoms with Gasteiger partial charge in [-0.15, -0.1) is 0 Å². The third kappa shape index (κ3) is 4.85. The van der Waals surface area contributed by atoms with Gasteiger partial charge in [0, 0.05) is 26.4 Å². The van der Waals surface area contributed by atoms with E-state index in [4.69, 9.17) is 4.74 Å². The summed E-state index contributed by atoms with van der Waals surface area (Å²) in [4.78, 5) is 3.99. The van der Waals surface area contributed by atoms with Gasteiger partial charge >= 0.3 is 0 Å². The fraction of sp³-hybridized carbons (Fsp3) is 0.667. The maximum atomic E-state index is 12.0. The molecule has 0 fully saturated rings. The number of methoxy groups -OCH3 is 1. The van der Waals surface area contributed by atoms with Crippen LogP contribution in [0.3, 0.4) is 0 Å². The van der Waals surface area contributed by atoms with E-state index in [0.29, 0.717) is 13.2 Å². The molecule has 0 radical (unpaired) electrons. The van der Waals surface area contributed by atoms with Crippen LogP contribution in [-0.2, 0) is 17.8 Å². The van der Waals surface area contributed by atoms with Gasteiger partial charge in [0.15, 0.2) is 0 Å². The van der Waals surface area contributed by atoms with Gasteiger partial charge in [-0.05, 0) is 0 Å². The average molecular weight is 219 g/mol. The summed E-state index contributed by atoms with van der Waals surface area (Å²) in [7, 11) is 1.62. The lowest BCUT2D eigenvalue weighted by atomic mass is 10.4. The molecular weight excluding hydrogens is 204 g/mol. The largest absolute Gasteiger partial charge is 0.383 e. The minimum absolute atomic E-state index is 0.301. The van der Waals surface area contributed by atoms with Gasteiger partial charge in [0.2, 0.25) is 0 Å². The van der Waals surface area contributed by atoms with Crippen molar-refractivity contribution >= 4 is 0 Å². The highest BCUT2D eigenvalue weighted by molar-refractivity contribution is 4.96. The van der Waals surface area contributed by atoms with E-state index in [1.165, 1.54) is 10.9 Å². The Bertz CT molecular complexity index is 278. The van der Waals surface area contributed by atoms with Crippen LogP contribution in [0.5, 0.6) is 0 Å². The van der Waals surface area contributed by atoms with E-state index in [1.807, 2.05) is 0 Å². The molecule has 0 amide bonds. The van der Waals surface area contributed by atoms with Crippen molar-refractivity contribution in [2.24, 2.45) is 0 Å². The summed E-state index contributed by atoms with van der Waals surface area (Å²) < 4.78 is 30.2. The van der Waals surface area contributed by atoms with Gasteiger partial charge in [0.25, 0.3) is 6.43 Å². The summed E-state index contributed by atoms with van der Waals surface area (Å²) in [5.41, 5.74) is 0.756. The van der Waals surface area contributed by atoms with Gasteiger partial charge in [0.1, 0.15) is 0 Å². The first-order valence-corrected chi connectivity index (χ1v) is 4.71. The highest BCUT2D eigenvalue weighted by atomic mass is 19.3. The second-order valence-electron chi connectivity index (χ2n) is 3.12. The van der Waals surface area contributed by atoms with Crippen molar-refractivity contribution in [3.8, 4) is 0 Å². The van der Waals surface area contributed by atoms with Crippen molar-refractivity contribution in [2.75, 3.05) is 20.3 Å². The molecule has 0 aliphatic carbocycles. The third-order valence-corrected chi connectivity index (χ3v) is 1.82. The summed E-state index contributed by atoms with van der Waals surface area (Å²) in [6, 6.07) is 0. The van der Waals surface area contributed by atoms with Crippen molar-refractivity contribution in [1.82, 2.24) is 14.9 Å². The molecule has 0 aliphatic heterocycles. The quantitative estimate of drug-likeness (QED) is 0.692. The van der Waals surface area contributed by atoms with Crippen molar-refractivity contribution in [1.29, 1.82) is 0 Å². The molecule has 1 heterocycles. The molecular formula is C9H15F2N3O. The number of alkyl halides is 2. The zero-order valence-electron chi connectivity index (χ0n) is 8.62. The number of hydrogen-bond donors (Lipinski definition) is 1. The van der Waals surface area contributed by atoms with Gasteiger partial charge in [-0.3, -0.25) is 0 Å². The molecule has 4 nitrogen and oxygen atoms in total. The fourth-order valence-corrected chi connectivity index (χ4v) is 1.15. The molecule has 1 aromatic heterocycles. The Balaban J connectivity index is 2.26. The molecule has 0 aromatic carbocycles. The maximum absolute atomic E-state index is 12.0. The van der Waals surface area contributed by atoms with Crippen LogP contribution in [0, 0.1) is 0 Å². The minimum atomic E-state index is -2.34. The number of hydrogen-bond acceptors (Lipinski definition) is 3. The summed E-state index contributed by atoms with van der Waals surface area (Å²) in [6.07, 6.45) is 0.694. The van der Waals surface area contributed by atoms with E-state index in [9.17, 15) is 8.78 Å². The highest BCUT2D eigenvalue weighted by Crippen LogP contribution is 2.01. The van der Waals surface area contributed by atoms with Gasteiger partial charge in [-0.2, -0.15) is 0 Å². The van der Waals surface area contributed by atoms with Crippen LogP contribution in [0.2, 0.25) is 0 Å². The van der Waals surface area contributed by atoms with Crippen molar-refractivity contribution < 1.29 is 13.5 Å². The van der Waals surface area contributed by atoms with E-state index in [2.05, 4.69) is 10.3 Å². The first kappa shape index (κ1) is 12.1. The van der Waals surface area contributed by atoms with Gasteiger partial charge in [-0.25, -0.2) is 13.8 Å². The van der Waals surface area contributed by atoms with E-state index in [0.717, 1.165) is 12.2 Å². The SMILES string of the molecule is COCCNCc1cn(CC(F)F)cn1. The molecule has 15 heavy (non-hydrogen) atoms. The molecule has 0 aliphatic rings. The number of nitrogens with one attached hydrogen (secondary N) is 1. The second-order valence-corrected chi connectivity index (χ2v) is 3.12. The third-order valence-electron chi connectivity index (χ3n) is 1.82. The van der Waals surface area contributed by atoms with Gasteiger partial charge < -0.3 is 14.6 Å². The first-order valence-electron chi connectivity index (χ1n) is 4.71. The summed E-state index contributed by atoms with van der Waals surface area (Å²) in [6.45, 7) is 1.61. The Morgan fingerprint density at radius 2 is 2.40 bits per heavy atom. The molecule has 0 saturated carbocycles. The Morgan fingerprint density at radius 1 is 1.60 bits per heavy atom. The predicted molar refractivity (Wildman–Crippen MR) is 51.8 cm³/mol. The lowest BCUT2D eigenvalue weighted by Gasteiger charge is -2.01. The van der Waals surface area contributed by atoms with E-state index in [1.54, 1.807) is 13.3 Å². The number of aromatic nitrogens is 2. The normalized spacial score (nSPS) is 11.2. The van der Waals surface area contributed by atoms with Crippen molar-refractivity contribution in [2.45, 2.75) is 19.5 Å². The molecule has 86 valence electrons. The van der Waals surface area contributed by atoms with Crippen molar-refractivity contribution in [3.05, 3.63) is 18.2 Å². The number of nitrogens with zero attached hydrogens (tertiary/aromatic N) is 2. The Labute approximate surface area is 87.3 Å². The van der Waals surface area contributed by atoms with Crippen LogP contribution in [0.1, 0.15) is 5.69 Å². The van der Waals surface area contributed by atoms with Crippen LogP contribution in [0.25, 0.3) is 0 Å². The number of ether oxygens (including phenoxy) is 1. The predicted octanol–water partition coefficient (Wildman–Crippen LogP) is 0.884. The highest BCUT2D eigenvalue weighted by Gasteiger charge is 2.04. The molecule has 1 aromatic rings. The van der Waals surface area contributed by atoms with Crippen LogP contribution in [0.15, 0.2) is 12.5 Å². The number of imidazole rings is 1. The maximum Gasteiger partial charge on any atom is 0.256 e. The zero-order chi connectivity index (χ0) is 11.1. The topological polar surface area (TPSA) is 39.1 Å². The lowest BCUT2D eigenvalue weighted by molar-refractivity contribution is 0.126. The smallest absolute Gasteiger partial charge is 0.256 e. The summed E-state index contributed by atoms with van der Waals surface area (Å²) in [5, 5.41) is 3.08. The average Bonchev–Trinajstić information content (AvgIpc) is 2.59. The molecule has 1 rings (SSSR count). The van der Waals surface area contributed by atoms with Gasteiger partial charge in [0.05, 0.1) is 25.2 Å². The van der Waals surface area contributed by atoms with Crippen molar-refractivity contribution in [3.63, 3.8) is 0 Å².